The molecule has 0 aliphatic rings. The van der Waals surface area contributed by atoms with Gasteiger partial charge in [-0.1, -0.05) is 6.07 Å². The van der Waals surface area contributed by atoms with Gasteiger partial charge in [-0.2, -0.15) is 17.0 Å². The maximum atomic E-state index is 9.22. The third-order valence-electron chi connectivity index (χ3n) is 3.13. The second-order valence-electron chi connectivity index (χ2n) is 4.38. The Morgan fingerprint density at radius 2 is 2.22 bits per heavy atom. The summed E-state index contributed by atoms with van der Waals surface area (Å²) < 4.78 is 0. The van der Waals surface area contributed by atoms with Gasteiger partial charge < -0.3 is 10.4 Å². The molecule has 0 heterocycles. The molecule has 0 bridgehead atoms. The summed E-state index contributed by atoms with van der Waals surface area (Å²) >= 11 is 1.67. The first kappa shape index (κ1) is 15.0. The first-order valence-corrected chi connectivity index (χ1v) is 7.27. The molecular formula is C14H20N2OS. The number of thioether (sulfide) groups is 1. The Bertz CT molecular complexity index is 424. The zero-order chi connectivity index (χ0) is 13.5. The number of nitrogens with zero attached hydrogens (tertiary/aromatic N) is 1. The van der Waals surface area contributed by atoms with Crippen LogP contribution in [0.1, 0.15) is 23.6 Å². The lowest BCUT2D eigenvalue weighted by Gasteiger charge is -2.21. The van der Waals surface area contributed by atoms with Crippen LogP contribution in [-0.2, 0) is 6.54 Å². The second kappa shape index (κ2) is 7.42. The number of nitriles is 1. The molecule has 0 radical (unpaired) electrons. The first-order valence-electron chi connectivity index (χ1n) is 5.99. The van der Waals surface area contributed by atoms with Crippen molar-refractivity contribution in [3.8, 4) is 6.07 Å². The zero-order valence-corrected chi connectivity index (χ0v) is 11.9. The van der Waals surface area contributed by atoms with E-state index in [4.69, 9.17) is 5.26 Å². The van der Waals surface area contributed by atoms with Gasteiger partial charge in [0.05, 0.1) is 18.2 Å². The minimum Gasteiger partial charge on any atom is -0.395 e. The molecule has 1 aromatic carbocycles. The molecule has 0 aliphatic heterocycles. The molecule has 2 N–H and O–H groups in total. The van der Waals surface area contributed by atoms with Crippen molar-refractivity contribution in [1.82, 2.24) is 5.32 Å². The zero-order valence-electron chi connectivity index (χ0n) is 11.1. The molecule has 0 aromatic heterocycles. The average Bonchev–Trinajstić information content (AvgIpc) is 2.38. The van der Waals surface area contributed by atoms with Gasteiger partial charge >= 0.3 is 0 Å². The maximum absolute atomic E-state index is 9.22. The molecule has 0 aliphatic carbocycles. The predicted molar refractivity (Wildman–Crippen MR) is 76.6 cm³/mol. The van der Waals surface area contributed by atoms with E-state index in [-0.39, 0.29) is 17.9 Å². The van der Waals surface area contributed by atoms with E-state index in [1.807, 2.05) is 31.4 Å². The van der Waals surface area contributed by atoms with Crippen LogP contribution in [0.25, 0.3) is 0 Å². The Hall–Kier alpha value is -1.02. The Kier molecular flexibility index (Phi) is 6.20. The normalized spacial score (nSPS) is 13.9. The van der Waals surface area contributed by atoms with Crippen LogP contribution in [0.4, 0.5) is 0 Å². The summed E-state index contributed by atoms with van der Waals surface area (Å²) in [6.45, 7) is 5.04. The van der Waals surface area contributed by atoms with E-state index in [1.54, 1.807) is 11.8 Å². The lowest BCUT2D eigenvalue weighted by atomic mass is 10.1. The molecule has 4 heteroatoms. The fourth-order valence-electron chi connectivity index (χ4n) is 1.80. The van der Waals surface area contributed by atoms with Crippen LogP contribution in [0.15, 0.2) is 18.2 Å². The summed E-state index contributed by atoms with van der Waals surface area (Å²) in [5.74, 6) is 0. The van der Waals surface area contributed by atoms with Crippen LogP contribution >= 0.6 is 11.8 Å². The third-order valence-corrected chi connectivity index (χ3v) is 4.29. The van der Waals surface area contributed by atoms with Gasteiger partial charge in [-0.05, 0) is 43.4 Å². The van der Waals surface area contributed by atoms with Gasteiger partial charge in [0.2, 0.25) is 0 Å². The lowest BCUT2D eigenvalue weighted by Crippen LogP contribution is -2.37. The molecule has 98 valence electrons. The standard InChI is InChI=1S/C14H20N2OS/c1-10-6-12(7-15)4-5-13(10)8-16-11(2)14(9-17)18-3/h4-6,11,14,16-17H,8-9H2,1-3H3. The Morgan fingerprint density at radius 3 is 2.72 bits per heavy atom. The Morgan fingerprint density at radius 1 is 1.50 bits per heavy atom. The van der Waals surface area contributed by atoms with Crippen LogP contribution in [0.5, 0.6) is 0 Å². The minimum absolute atomic E-state index is 0.182. The van der Waals surface area contributed by atoms with Crippen LogP contribution in [0, 0.1) is 18.3 Å². The maximum Gasteiger partial charge on any atom is 0.0991 e. The van der Waals surface area contributed by atoms with Gasteiger partial charge in [0.1, 0.15) is 0 Å². The smallest absolute Gasteiger partial charge is 0.0991 e. The number of hydrogen-bond donors (Lipinski definition) is 2. The summed E-state index contributed by atoms with van der Waals surface area (Å²) in [5.41, 5.74) is 3.01. The van der Waals surface area contributed by atoms with Crippen molar-refractivity contribution in [2.45, 2.75) is 31.7 Å². The van der Waals surface area contributed by atoms with E-state index in [2.05, 4.69) is 18.3 Å². The van der Waals surface area contributed by atoms with Crippen molar-refractivity contribution in [1.29, 1.82) is 5.26 Å². The number of aryl methyl sites for hydroxylation is 1. The summed E-state index contributed by atoms with van der Waals surface area (Å²) in [4.78, 5) is 0. The van der Waals surface area contributed by atoms with Crippen molar-refractivity contribution in [3.63, 3.8) is 0 Å². The van der Waals surface area contributed by atoms with Crippen LogP contribution in [-0.4, -0.2) is 29.3 Å². The number of aliphatic hydroxyl groups is 1. The molecular weight excluding hydrogens is 244 g/mol. The number of nitrogens with one attached hydrogen (secondary N) is 1. The largest absolute Gasteiger partial charge is 0.395 e. The van der Waals surface area contributed by atoms with Gasteiger partial charge in [-0.3, -0.25) is 0 Å². The van der Waals surface area contributed by atoms with Gasteiger partial charge in [0, 0.05) is 17.8 Å². The highest BCUT2D eigenvalue weighted by molar-refractivity contribution is 7.99. The number of benzene rings is 1. The van der Waals surface area contributed by atoms with E-state index in [0.717, 1.165) is 12.1 Å². The van der Waals surface area contributed by atoms with Crippen molar-refractivity contribution in [3.05, 3.63) is 34.9 Å². The number of rotatable bonds is 6. The van der Waals surface area contributed by atoms with E-state index in [9.17, 15) is 5.11 Å². The van der Waals surface area contributed by atoms with Gasteiger partial charge in [0.25, 0.3) is 0 Å². The third kappa shape index (κ3) is 4.02. The van der Waals surface area contributed by atoms with Crippen molar-refractivity contribution < 1.29 is 5.11 Å². The highest BCUT2D eigenvalue weighted by atomic mass is 32.2. The fraction of sp³-hybridized carbons (Fsp3) is 0.500. The highest BCUT2D eigenvalue weighted by Gasteiger charge is 2.14. The minimum atomic E-state index is 0.182. The Labute approximate surface area is 113 Å². The predicted octanol–water partition coefficient (Wildman–Crippen LogP) is 2.07. The molecule has 18 heavy (non-hydrogen) atoms. The topological polar surface area (TPSA) is 56.0 Å². The molecule has 0 amide bonds. The van der Waals surface area contributed by atoms with Crippen LogP contribution in [0.2, 0.25) is 0 Å². The van der Waals surface area contributed by atoms with Gasteiger partial charge in [-0.15, -0.1) is 0 Å². The molecule has 1 aromatic rings. The molecule has 0 fully saturated rings. The highest BCUT2D eigenvalue weighted by Crippen LogP contribution is 2.13. The molecule has 2 unspecified atom stereocenters. The molecule has 0 saturated heterocycles. The Balaban J connectivity index is 2.61. The summed E-state index contributed by atoms with van der Waals surface area (Å²) in [7, 11) is 0. The number of hydrogen-bond acceptors (Lipinski definition) is 4. The van der Waals surface area contributed by atoms with Gasteiger partial charge in [0.15, 0.2) is 0 Å². The van der Waals surface area contributed by atoms with E-state index in [1.165, 1.54) is 5.56 Å². The molecule has 0 saturated carbocycles. The van der Waals surface area contributed by atoms with Crippen molar-refractivity contribution in [2.24, 2.45) is 0 Å². The van der Waals surface area contributed by atoms with Crippen molar-refractivity contribution >= 4 is 11.8 Å². The van der Waals surface area contributed by atoms with Gasteiger partial charge in [-0.25, -0.2) is 0 Å². The molecule has 3 nitrogen and oxygen atoms in total. The van der Waals surface area contributed by atoms with Crippen LogP contribution in [0.3, 0.4) is 0 Å². The lowest BCUT2D eigenvalue weighted by molar-refractivity contribution is 0.276. The molecule has 2 atom stereocenters. The fourth-order valence-corrected chi connectivity index (χ4v) is 2.46. The monoisotopic (exact) mass is 264 g/mol. The van der Waals surface area contributed by atoms with E-state index in [0.29, 0.717) is 5.56 Å². The van der Waals surface area contributed by atoms with E-state index >= 15 is 0 Å². The molecule has 1 rings (SSSR count). The van der Waals surface area contributed by atoms with Crippen molar-refractivity contribution in [2.75, 3.05) is 12.9 Å². The number of aliphatic hydroxyl groups excluding tert-OH is 1. The summed E-state index contributed by atoms with van der Waals surface area (Å²) in [6, 6.07) is 8.12. The summed E-state index contributed by atoms with van der Waals surface area (Å²) in [6.07, 6.45) is 2.01. The quantitative estimate of drug-likeness (QED) is 0.826. The first-order chi connectivity index (χ1) is 8.62. The SMILES string of the molecule is CSC(CO)C(C)NCc1ccc(C#N)cc1C. The van der Waals surface area contributed by atoms with Crippen LogP contribution < -0.4 is 5.32 Å². The summed E-state index contributed by atoms with van der Waals surface area (Å²) in [5, 5.41) is 21.7. The average molecular weight is 264 g/mol. The van der Waals surface area contributed by atoms with E-state index < -0.39 is 0 Å². The second-order valence-corrected chi connectivity index (χ2v) is 5.46. The molecule has 0 spiro atoms.